The molecule has 0 spiro atoms. The van der Waals surface area contributed by atoms with Gasteiger partial charge in [0, 0.05) is 11.5 Å². The number of ketones is 1. The Kier molecular flexibility index (Phi) is 3.03. The summed E-state index contributed by atoms with van der Waals surface area (Å²) in [5.74, 6) is -0.361. The number of rotatable bonds is 3. The van der Waals surface area contributed by atoms with Gasteiger partial charge in [0.1, 0.15) is 5.75 Å². The second kappa shape index (κ2) is 4.05. The number of benzene rings is 1. The standard InChI is InChI=1S/C10H12O3/c1-7(6-11)10(13)8-2-4-9(12)5-3-8/h2-5,7,11-12H,6H2,1H3/t7-/m1/s1. The van der Waals surface area contributed by atoms with E-state index in [4.69, 9.17) is 10.2 Å². The molecule has 1 aromatic rings. The Morgan fingerprint density at radius 1 is 1.38 bits per heavy atom. The van der Waals surface area contributed by atoms with Gasteiger partial charge in [0.15, 0.2) is 5.78 Å². The van der Waals surface area contributed by atoms with E-state index >= 15 is 0 Å². The number of carbonyl (C=O) groups is 1. The third kappa shape index (κ3) is 2.29. The maximum Gasteiger partial charge on any atom is 0.167 e. The highest BCUT2D eigenvalue weighted by atomic mass is 16.3. The van der Waals surface area contributed by atoms with Crippen LogP contribution in [0.25, 0.3) is 0 Å². The molecule has 0 bridgehead atoms. The third-order valence-electron chi connectivity index (χ3n) is 1.87. The van der Waals surface area contributed by atoms with Crippen molar-refractivity contribution < 1.29 is 15.0 Å². The van der Waals surface area contributed by atoms with Crippen molar-refractivity contribution in [2.75, 3.05) is 6.61 Å². The summed E-state index contributed by atoms with van der Waals surface area (Å²) in [5.41, 5.74) is 0.513. The predicted molar refractivity (Wildman–Crippen MR) is 48.7 cm³/mol. The Morgan fingerprint density at radius 3 is 2.38 bits per heavy atom. The summed E-state index contributed by atoms with van der Waals surface area (Å²) in [7, 11) is 0. The molecule has 0 aliphatic heterocycles. The molecular weight excluding hydrogens is 168 g/mol. The van der Waals surface area contributed by atoms with E-state index < -0.39 is 0 Å². The molecular formula is C10H12O3. The Morgan fingerprint density at radius 2 is 1.92 bits per heavy atom. The number of aliphatic hydroxyl groups excluding tert-OH is 1. The molecule has 0 radical (unpaired) electrons. The molecule has 0 fully saturated rings. The van der Waals surface area contributed by atoms with Crippen LogP contribution < -0.4 is 0 Å². The molecule has 0 aromatic heterocycles. The number of phenolic OH excluding ortho intramolecular Hbond substituents is 1. The first-order valence-electron chi connectivity index (χ1n) is 4.09. The maximum atomic E-state index is 11.4. The van der Waals surface area contributed by atoms with Gasteiger partial charge in [0.25, 0.3) is 0 Å². The zero-order chi connectivity index (χ0) is 9.84. The van der Waals surface area contributed by atoms with Crippen LogP contribution in [0, 0.1) is 5.92 Å². The van der Waals surface area contributed by atoms with E-state index in [0.717, 1.165) is 0 Å². The van der Waals surface area contributed by atoms with E-state index in [2.05, 4.69) is 0 Å². The number of hydrogen-bond acceptors (Lipinski definition) is 3. The molecule has 0 unspecified atom stereocenters. The van der Waals surface area contributed by atoms with Crippen LogP contribution in [-0.2, 0) is 0 Å². The van der Waals surface area contributed by atoms with Gasteiger partial charge >= 0.3 is 0 Å². The molecule has 0 heterocycles. The van der Waals surface area contributed by atoms with Crippen molar-refractivity contribution in [1.29, 1.82) is 0 Å². The molecule has 3 nitrogen and oxygen atoms in total. The summed E-state index contributed by atoms with van der Waals surface area (Å²) in [5, 5.41) is 17.7. The van der Waals surface area contributed by atoms with Gasteiger partial charge in [-0.3, -0.25) is 4.79 Å². The van der Waals surface area contributed by atoms with Crippen LogP contribution in [0.15, 0.2) is 24.3 Å². The third-order valence-corrected chi connectivity index (χ3v) is 1.87. The monoisotopic (exact) mass is 180 g/mol. The van der Waals surface area contributed by atoms with E-state index in [1.807, 2.05) is 0 Å². The molecule has 1 rings (SSSR count). The number of phenols is 1. The average Bonchev–Trinajstić information content (AvgIpc) is 2.17. The van der Waals surface area contributed by atoms with Crippen molar-refractivity contribution in [2.24, 2.45) is 5.92 Å². The van der Waals surface area contributed by atoms with Gasteiger partial charge in [-0.25, -0.2) is 0 Å². The molecule has 1 aromatic carbocycles. The lowest BCUT2D eigenvalue weighted by Gasteiger charge is -2.06. The normalized spacial score (nSPS) is 12.5. The SMILES string of the molecule is C[C@H](CO)C(=O)c1ccc(O)cc1. The van der Waals surface area contributed by atoms with E-state index in [-0.39, 0.29) is 24.1 Å². The summed E-state index contributed by atoms with van der Waals surface area (Å²) < 4.78 is 0. The van der Waals surface area contributed by atoms with Crippen LogP contribution in [0.1, 0.15) is 17.3 Å². The topological polar surface area (TPSA) is 57.5 Å². The van der Waals surface area contributed by atoms with Crippen LogP contribution in [0.3, 0.4) is 0 Å². The van der Waals surface area contributed by atoms with E-state index in [9.17, 15) is 4.79 Å². The molecule has 0 aliphatic rings. The molecule has 70 valence electrons. The molecule has 0 saturated carbocycles. The Hall–Kier alpha value is -1.35. The van der Waals surface area contributed by atoms with Crippen LogP contribution >= 0.6 is 0 Å². The van der Waals surface area contributed by atoms with Gasteiger partial charge < -0.3 is 10.2 Å². The summed E-state index contributed by atoms with van der Waals surface area (Å²) in [6.45, 7) is 1.51. The second-order valence-electron chi connectivity index (χ2n) is 2.99. The van der Waals surface area contributed by atoms with E-state index in [0.29, 0.717) is 5.56 Å². The first-order chi connectivity index (χ1) is 6.15. The number of Topliss-reactive ketones (excluding diaryl/α,β-unsaturated/α-hetero) is 1. The minimum absolute atomic E-state index is 0.109. The summed E-state index contributed by atoms with van der Waals surface area (Å²) in [4.78, 5) is 11.4. The lowest BCUT2D eigenvalue weighted by molar-refractivity contribution is 0.0877. The average molecular weight is 180 g/mol. The van der Waals surface area contributed by atoms with Crippen LogP contribution in [-0.4, -0.2) is 22.6 Å². The van der Waals surface area contributed by atoms with Gasteiger partial charge in [-0.2, -0.15) is 0 Å². The zero-order valence-corrected chi connectivity index (χ0v) is 7.40. The minimum atomic E-state index is -0.385. The van der Waals surface area contributed by atoms with Crippen molar-refractivity contribution >= 4 is 5.78 Å². The highest BCUT2D eigenvalue weighted by Crippen LogP contribution is 2.13. The highest BCUT2D eigenvalue weighted by Gasteiger charge is 2.13. The first-order valence-corrected chi connectivity index (χ1v) is 4.09. The maximum absolute atomic E-state index is 11.4. The van der Waals surface area contributed by atoms with E-state index in [1.54, 1.807) is 19.1 Å². The quantitative estimate of drug-likeness (QED) is 0.687. The smallest absolute Gasteiger partial charge is 0.167 e. The molecule has 3 heteroatoms. The Bertz CT molecular complexity index is 290. The fourth-order valence-corrected chi connectivity index (χ4v) is 0.993. The highest BCUT2D eigenvalue weighted by molar-refractivity contribution is 5.97. The van der Waals surface area contributed by atoms with Crippen LogP contribution in [0.4, 0.5) is 0 Å². The number of hydrogen-bond donors (Lipinski definition) is 2. The second-order valence-corrected chi connectivity index (χ2v) is 2.99. The van der Waals surface area contributed by atoms with Crippen molar-refractivity contribution in [3.63, 3.8) is 0 Å². The van der Waals surface area contributed by atoms with Gasteiger partial charge in [-0.05, 0) is 24.3 Å². The van der Waals surface area contributed by atoms with Crippen molar-refractivity contribution in [3.05, 3.63) is 29.8 Å². The fourth-order valence-electron chi connectivity index (χ4n) is 0.993. The largest absolute Gasteiger partial charge is 0.508 e. The Labute approximate surface area is 76.6 Å². The molecule has 0 amide bonds. The van der Waals surface area contributed by atoms with Crippen molar-refractivity contribution in [1.82, 2.24) is 0 Å². The molecule has 1 atom stereocenters. The van der Waals surface area contributed by atoms with Crippen LogP contribution in [0.2, 0.25) is 0 Å². The van der Waals surface area contributed by atoms with Crippen molar-refractivity contribution in [2.45, 2.75) is 6.92 Å². The molecule has 13 heavy (non-hydrogen) atoms. The minimum Gasteiger partial charge on any atom is -0.508 e. The number of aliphatic hydroxyl groups is 1. The van der Waals surface area contributed by atoms with Crippen molar-refractivity contribution in [3.8, 4) is 5.75 Å². The van der Waals surface area contributed by atoms with Gasteiger partial charge in [-0.1, -0.05) is 6.92 Å². The molecule has 0 aliphatic carbocycles. The molecule has 2 N–H and O–H groups in total. The summed E-state index contributed by atoms with van der Waals surface area (Å²) in [6.07, 6.45) is 0. The van der Waals surface area contributed by atoms with Gasteiger partial charge in [-0.15, -0.1) is 0 Å². The Balaban J connectivity index is 2.83. The van der Waals surface area contributed by atoms with Crippen LogP contribution in [0.5, 0.6) is 5.75 Å². The summed E-state index contributed by atoms with van der Waals surface area (Å²) in [6, 6.07) is 6.00. The molecule has 0 saturated heterocycles. The van der Waals surface area contributed by atoms with E-state index in [1.165, 1.54) is 12.1 Å². The van der Waals surface area contributed by atoms with Gasteiger partial charge in [0.05, 0.1) is 6.61 Å². The lowest BCUT2D eigenvalue weighted by Crippen LogP contribution is -2.14. The number of aromatic hydroxyl groups is 1. The van der Waals surface area contributed by atoms with Gasteiger partial charge in [0.2, 0.25) is 0 Å². The first kappa shape index (κ1) is 9.74. The number of carbonyl (C=O) groups excluding carboxylic acids is 1. The zero-order valence-electron chi connectivity index (χ0n) is 7.40. The summed E-state index contributed by atoms with van der Waals surface area (Å²) >= 11 is 0. The fraction of sp³-hybridized carbons (Fsp3) is 0.300. The predicted octanol–water partition coefficient (Wildman–Crippen LogP) is 1.20. The lowest BCUT2D eigenvalue weighted by atomic mass is 10.0.